The first-order valence-corrected chi connectivity index (χ1v) is 14.6. The van der Waals surface area contributed by atoms with Gasteiger partial charge in [-0.05, 0) is 98.1 Å². The van der Waals surface area contributed by atoms with E-state index in [1.54, 1.807) is 0 Å². The second kappa shape index (κ2) is 11.4. The van der Waals surface area contributed by atoms with Crippen molar-refractivity contribution in [1.29, 1.82) is 0 Å². The van der Waals surface area contributed by atoms with Crippen LogP contribution in [0.4, 0.5) is 11.4 Å². The third kappa shape index (κ3) is 5.83. The van der Waals surface area contributed by atoms with Gasteiger partial charge in [-0.1, -0.05) is 61.4 Å². The third-order valence-electron chi connectivity index (χ3n) is 7.55. The van der Waals surface area contributed by atoms with Gasteiger partial charge in [-0.15, -0.1) is 0 Å². The summed E-state index contributed by atoms with van der Waals surface area (Å²) in [6.45, 7) is 2.12. The van der Waals surface area contributed by atoms with Crippen molar-refractivity contribution in [3.05, 3.63) is 99.8 Å². The second-order valence-corrected chi connectivity index (χ2v) is 11.4. The first kappa shape index (κ1) is 25.9. The van der Waals surface area contributed by atoms with Crippen LogP contribution in [0.1, 0.15) is 50.5 Å². The predicted octanol–water partition coefficient (Wildman–Crippen LogP) is 9.50. The molecule has 2 aliphatic carbocycles. The molecule has 6 heteroatoms. The van der Waals surface area contributed by atoms with Crippen LogP contribution in [-0.2, 0) is 0 Å². The molecule has 0 bridgehead atoms. The summed E-state index contributed by atoms with van der Waals surface area (Å²) in [6, 6.07) is 26.9. The molecule has 1 fully saturated rings. The Kier molecular flexibility index (Phi) is 7.58. The van der Waals surface area contributed by atoms with Crippen molar-refractivity contribution in [3.63, 3.8) is 0 Å². The number of rotatable bonds is 4. The molecule has 3 aliphatic rings. The third-order valence-corrected chi connectivity index (χ3v) is 8.05. The molecule has 0 amide bonds. The maximum Gasteiger partial charge on any atom is 0.0900 e. The zero-order valence-electron chi connectivity index (χ0n) is 22.1. The molecule has 1 heterocycles. The van der Waals surface area contributed by atoms with Gasteiger partial charge in [-0.25, -0.2) is 4.98 Å². The smallest absolute Gasteiger partial charge is 0.0900 e. The normalized spacial score (nSPS) is 15.4. The molecule has 4 nitrogen and oxygen atoms in total. The van der Waals surface area contributed by atoms with E-state index in [4.69, 9.17) is 33.2 Å². The predicted molar refractivity (Wildman–Crippen MR) is 164 cm³/mol. The van der Waals surface area contributed by atoms with Crippen LogP contribution in [0.3, 0.4) is 0 Å². The summed E-state index contributed by atoms with van der Waals surface area (Å²) in [4.78, 5) is 10.5. The molecule has 0 spiro atoms. The summed E-state index contributed by atoms with van der Waals surface area (Å²) < 4.78 is 2.28. The van der Waals surface area contributed by atoms with E-state index in [1.807, 2.05) is 36.4 Å². The Morgan fingerprint density at radius 2 is 1.46 bits per heavy atom. The Morgan fingerprint density at radius 1 is 0.795 bits per heavy atom. The summed E-state index contributed by atoms with van der Waals surface area (Å²) in [5.41, 5.74) is 8.05. The monoisotopic (exact) mass is 554 g/mol. The van der Waals surface area contributed by atoms with Crippen molar-refractivity contribution in [2.75, 3.05) is 5.32 Å². The number of benzene rings is 4. The fraction of sp³-hybridized carbons (Fsp3) is 0.273. The highest BCUT2D eigenvalue weighted by molar-refractivity contribution is 6.30. The first-order valence-electron chi connectivity index (χ1n) is 13.8. The molecule has 0 saturated heterocycles. The number of nitrogens with one attached hydrogen (secondary N) is 1. The van der Waals surface area contributed by atoms with Crippen molar-refractivity contribution < 1.29 is 0 Å². The number of hydrogen-bond acceptors (Lipinski definition) is 3. The van der Waals surface area contributed by atoms with Crippen molar-refractivity contribution in [2.45, 2.75) is 57.9 Å². The summed E-state index contributed by atoms with van der Waals surface area (Å²) in [5.74, 6) is 0. The summed E-state index contributed by atoms with van der Waals surface area (Å²) >= 11 is 12.4. The standard InChI is InChI=1S/C33H32Cl2N4/c1-22-9-18-28-32(19-22)39(27-16-12-24(35)13-17-27)33-21-30(36-25-7-5-3-2-4-6-8-25)29(20-31(33)38-28)37-26-14-10-23(34)11-15-26/h9-21,25,37H,2-8H2,1H3. The maximum absolute atomic E-state index is 6.27. The molecule has 0 aromatic heterocycles. The molecule has 1 saturated carbocycles. The minimum Gasteiger partial charge on any atom is -0.354 e. The topological polar surface area (TPSA) is 42.2 Å². The van der Waals surface area contributed by atoms with E-state index in [9.17, 15) is 0 Å². The zero-order valence-corrected chi connectivity index (χ0v) is 23.6. The average molecular weight is 556 g/mol. The zero-order chi connectivity index (χ0) is 26.8. The van der Waals surface area contributed by atoms with E-state index in [0.717, 1.165) is 57.7 Å². The highest BCUT2D eigenvalue weighted by atomic mass is 35.5. The van der Waals surface area contributed by atoms with Crippen molar-refractivity contribution in [3.8, 4) is 17.1 Å². The fourth-order valence-electron chi connectivity index (χ4n) is 5.53. The van der Waals surface area contributed by atoms with Gasteiger partial charge in [0.2, 0.25) is 0 Å². The fourth-order valence-corrected chi connectivity index (χ4v) is 5.78. The van der Waals surface area contributed by atoms with Gasteiger partial charge in [0.15, 0.2) is 0 Å². The number of hydrogen-bond donors (Lipinski definition) is 1. The summed E-state index contributed by atoms with van der Waals surface area (Å²) in [6.07, 6.45) is 8.66. The Morgan fingerprint density at radius 3 is 2.18 bits per heavy atom. The minimum absolute atomic E-state index is 0.313. The average Bonchev–Trinajstić information content (AvgIpc) is 2.91. The number of fused-ring (bicyclic) bond motifs is 2. The molecule has 0 unspecified atom stereocenters. The van der Waals surface area contributed by atoms with E-state index in [1.165, 1.54) is 37.7 Å². The van der Waals surface area contributed by atoms with E-state index < -0.39 is 0 Å². The van der Waals surface area contributed by atoms with Crippen LogP contribution >= 0.6 is 23.2 Å². The SMILES string of the molecule is Cc1ccc2nc3cc(Nc4ccc(Cl)cc4)c(=NC4CCCCCCC4)cc-3n(-c3ccc(Cl)cc3)c2c1. The highest BCUT2D eigenvalue weighted by Gasteiger charge is 2.18. The summed E-state index contributed by atoms with van der Waals surface area (Å²) in [5, 5.41) is 6.00. The van der Waals surface area contributed by atoms with Crippen molar-refractivity contribution >= 4 is 45.6 Å². The van der Waals surface area contributed by atoms with Crippen LogP contribution in [0.15, 0.2) is 83.9 Å². The van der Waals surface area contributed by atoms with Gasteiger partial charge in [0.25, 0.3) is 0 Å². The van der Waals surface area contributed by atoms with E-state index in [2.05, 4.69) is 59.3 Å². The van der Waals surface area contributed by atoms with E-state index in [0.29, 0.717) is 16.1 Å². The Hall–Kier alpha value is -3.34. The van der Waals surface area contributed by atoms with Crippen LogP contribution in [0, 0.1) is 6.92 Å². The molecule has 3 aromatic rings. The van der Waals surface area contributed by atoms with Gasteiger partial charge in [-0.3, -0.25) is 4.99 Å². The lowest BCUT2D eigenvalue weighted by Crippen LogP contribution is -2.19. The van der Waals surface area contributed by atoms with Gasteiger partial charge in [0, 0.05) is 21.4 Å². The van der Waals surface area contributed by atoms with Crippen LogP contribution in [0.5, 0.6) is 0 Å². The molecule has 0 radical (unpaired) electrons. The van der Waals surface area contributed by atoms with Gasteiger partial charge < -0.3 is 9.88 Å². The van der Waals surface area contributed by atoms with Gasteiger partial charge in [-0.2, -0.15) is 0 Å². The highest BCUT2D eigenvalue weighted by Crippen LogP contribution is 2.32. The largest absolute Gasteiger partial charge is 0.354 e. The van der Waals surface area contributed by atoms with Crippen LogP contribution in [0.2, 0.25) is 10.0 Å². The minimum atomic E-state index is 0.313. The summed E-state index contributed by atoms with van der Waals surface area (Å²) in [7, 11) is 0. The van der Waals surface area contributed by atoms with Gasteiger partial charge >= 0.3 is 0 Å². The quantitative estimate of drug-likeness (QED) is 0.225. The lowest BCUT2D eigenvalue weighted by Gasteiger charge is -2.21. The second-order valence-electron chi connectivity index (χ2n) is 10.5. The van der Waals surface area contributed by atoms with E-state index in [-0.39, 0.29) is 0 Å². The van der Waals surface area contributed by atoms with Crippen LogP contribution in [0.25, 0.3) is 28.1 Å². The number of aryl methyl sites for hydroxylation is 1. The maximum atomic E-state index is 6.27. The number of halogens is 2. The Bertz CT molecular complexity index is 1630. The molecule has 1 N–H and O–H groups in total. The molecule has 6 rings (SSSR count). The molecular formula is C33H32Cl2N4. The van der Waals surface area contributed by atoms with Crippen molar-refractivity contribution in [1.82, 2.24) is 9.55 Å². The van der Waals surface area contributed by atoms with E-state index >= 15 is 0 Å². The van der Waals surface area contributed by atoms with Gasteiger partial charge in [0.1, 0.15) is 0 Å². The molecular weight excluding hydrogens is 523 g/mol. The van der Waals surface area contributed by atoms with Crippen LogP contribution < -0.4 is 10.7 Å². The number of aromatic nitrogens is 2. The van der Waals surface area contributed by atoms with Crippen molar-refractivity contribution in [2.24, 2.45) is 4.99 Å². The molecule has 0 atom stereocenters. The molecule has 198 valence electrons. The van der Waals surface area contributed by atoms with Crippen LogP contribution in [-0.4, -0.2) is 15.6 Å². The number of anilines is 2. The molecule has 1 aliphatic heterocycles. The Balaban J connectivity index is 1.60. The number of nitrogens with zero attached hydrogens (tertiary/aromatic N) is 3. The molecule has 3 aromatic carbocycles. The lowest BCUT2D eigenvalue weighted by molar-refractivity contribution is 0.450. The molecule has 39 heavy (non-hydrogen) atoms. The lowest BCUT2D eigenvalue weighted by atomic mass is 9.97. The van der Waals surface area contributed by atoms with Gasteiger partial charge in [0.05, 0.1) is 39.5 Å². The Labute approximate surface area is 239 Å². The first-order chi connectivity index (χ1) is 19.0.